The number of allylic oxidation sites excluding steroid dienone is 1. The Labute approximate surface area is 200 Å². The van der Waals surface area contributed by atoms with E-state index in [-0.39, 0.29) is 0 Å². The van der Waals surface area contributed by atoms with E-state index < -0.39 is 0 Å². The number of oxazole rings is 1. The molecule has 166 valence electrons. The van der Waals surface area contributed by atoms with Crippen LogP contribution in [0.4, 0.5) is 0 Å². The molecule has 0 unspecified atom stereocenters. The second kappa shape index (κ2) is 6.97. The molecule has 35 heavy (non-hydrogen) atoms. The van der Waals surface area contributed by atoms with Gasteiger partial charge in [0.05, 0.1) is 5.52 Å². The van der Waals surface area contributed by atoms with Gasteiger partial charge < -0.3 is 13.4 Å². The molecule has 0 atom stereocenters. The van der Waals surface area contributed by atoms with E-state index in [9.17, 15) is 0 Å². The number of nitrogens with zero attached hydrogens (tertiary/aromatic N) is 2. The van der Waals surface area contributed by atoms with Crippen LogP contribution in [-0.4, -0.2) is 9.55 Å². The summed E-state index contributed by atoms with van der Waals surface area (Å²) in [6, 6.07) is 29.2. The van der Waals surface area contributed by atoms with Gasteiger partial charge in [0.2, 0.25) is 5.89 Å². The van der Waals surface area contributed by atoms with Crippen molar-refractivity contribution in [3.63, 3.8) is 0 Å². The number of rotatable bonds is 2. The molecule has 4 aromatic carbocycles. The third kappa shape index (κ3) is 2.71. The zero-order chi connectivity index (χ0) is 22.9. The van der Waals surface area contributed by atoms with Crippen LogP contribution in [0.15, 0.2) is 99.8 Å². The molecule has 0 radical (unpaired) electrons. The molecule has 0 saturated carbocycles. The Bertz CT molecular complexity index is 1930. The van der Waals surface area contributed by atoms with Gasteiger partial charge in [-0.25, -0.2) is 4.98 Å². The molecule has 3 heterocycles. The molecule has 8 rings (SSSR count). The van der Waals surface area contributed by atoms with Gasteiger partial charge in [0.25, 0.3) is 0 Å². The van der Waals surface area contributed by atoms with Gasteiger partial charge in [-0.1, -0.05) is 36.4 Å². The number of furan rings is 1. The van der Waals surface area contributed by atoms with Crippen LogP contribution < -0.4 is 0 Å². The molecule has 3 aromatic heterocycles. The van der Waals surface area contributed by atoms with Crippen LogP contribution in [0.3, 0.4) is 0 Å². The van der Waals surface area contributed by atoms with Crippen molar-refractivity contribution in [3.8, 4) is 17.1 Å². The molecule has 7 aromatic rings. The van der Waals surface area contributed by atoms with Gasteiger partial charge >= 0.3 is 0 Å². The van der Waals surface area contributed by atoms with Crippen LogP contribution >= 0.6 is 0 Å². The summed E-state index contributed by atoms with van der Waals surface area (Å²) in [5.41, 5.74) is 9.37. The molecule has 0 bridgehead atoms. The average Bonchev–Trinajstić information content (AvgIpc) is 3.59. The van der Waals surface area contributed by atoms with E-state index in [1.165, 1.54) is 22.2 Å². The topological polar surface area (TPSA) is 44.1 Å². The Balaban J connectivity index is 1.31. The third-order valence-electron chi connectivity index (χ3n) is 7.11. The number of hydrogen-bond acceptors (Lipinski definition) is 3. The summed E-state index contributed by atoms with van der Waals surface area (Å²) in [4.78, 5) is 4.66. The normalized spacial score (nSPS) is 13.4. The fourth-order valence-corrected chi connectivity index (χ4v) is 5.50. The minimum absolute atomic E-state index is 0.622. The highest BCUT2D eigenvalue weighted by molar-refractivity contribution is 6.07. The Kier molecular flexibility index (Phi) is 3.74. The Morgan fingerprint density at radius 3 is 2.60 bits per heavy atom. The molecular weight excluding hydrogens is 432 g/mol. The quantitative estimate of drug-likeness (QED) is 0.265. The molecule has 0 amide bonds. The van der Waals surface area contributed by atoms with Crippen LogP contribution in [0, 0.1) is 0 Å². The summed E-state index contributed by atoms with van der Waals surface area (Å²) in [7, 11) is 0. The lowest BCUT2D eigenvalue weighted by atomic mass is 10.0. The standard InChI is InChI=1S/C31H20N2O2/c1-4-10-26-21(7-1)22-8-2-5-11-27(22)33(26)20-14-15-23-24-17-19(13-16-28(24)34-30(23)18-20)31-32-25-9-3-6-12-29(25)35-31/h1,3-7,9-18H,2,8H2. The van der Waals surface area contributed by atoms with Crippen LogP contribution in [0.1, 0.15) is 17.7 Å². The highest BCUT2D eigenvalue weighted by Gasteiger charge is 2.19. The van der Waals surface area contributed by atoms with Crippen molar-refractivity contribution < 1.29 is 8.83 Å². The van der Waals surface area contributed by atoms with Crippen molar-refractivity contribution in [3.05, 3.63) is 102 Å². The van der Waals surface area contributed by atoms with Crippen LogP contribution in [0.25, 0.3) is 67.2 Å². The van der Waals surface area contributed by atoms with Gasteiger partial charge in [-0.05, 0) is 73.0 Å². The van der Waals surface area contributed by atoms with Crippen LogP contribution in [-0.2, 0) is 6.42 Å². The number of fused-ring (bicyclic) bond motifs is 7. The average molecular weight is 453 g/mol. The van der Waals surface area contributed by atoms with Crippen LogP contribution in [0.5, 0.6) is 0 Å². The molecule has 0 saturated heterocycles. The zero-order valence-corrected chi connectivity index (χ0v) is 18.9. The van der Waals surface area contributed by atoms with Gasteiger partial charge in [-0.15, -0.1) is 0 Å². The SMILES string of the molecule is C1=Cc2c(c3ccccc3n2-c2ccc3c(c2)oc2ccc(-c4nc5ccccc5o4)cc23)CC1. The first-order valence-electron chi connectivity index (χ1n) is 11.9. The first kappa shape index (κ1) is 18.8. The lowest BCUT2D eigenvalue weighted by Gasteiger charge is -2.12. The lowest BCUT2D eigenvalue weighted by molar-refractivity contribution is 0.620. The maximum Gasteiger partial charge on any atom is 0.227 e. The predicted molar refractivity (Wildman–Crippen MR) is 141 cm³/mol. The molecule has 1 aliphatic rings. The van der Waals surface area contributed by atoms with Crippen molar-refractivity contribution >= 4 is 50.0 Å². The maximum atomic E-state index is 6.31. The Morgan fingerprint density at radius 1 is 0.714 bits per heavy atom. The van der Waals surface area contributed by atoms with E-state index in [0.29, 0.717) is 5.89 Å². The highest BCUT2D eigenvalue weighted by Crippen LogP contribution is 2.37. The first-order valence-corrected chi connectivity index (χ1v) is 11.9. The number of aryl methyl sites for hydroxylation is 1. The lowest BCUT2D eigenvalue weighted by Crippen LogP contribution is -2.00. The fourth-order valence-electron chi connectivity index (χ4n) is 5.50. The summed E-state index contributed by atoms with van der Waals surface area (Å²) in [5, 5.41) is 3.48. The van der Waals surface area contributed by atoms with E-state index in [0.717, 1.165) is 57.1 Å². The van der Waals surface area contributed by atoms with E-state index in [2.05, 4.69) is 70.2 Å². The number of para-hydroxylation sites is 3. The minimum atomic E-state index is 0.622. The van der Waals surface area contributed by atoms with Crippen molar-refractivity contribution in [2.45, 2.75) is 12.8 Å². The Morgan fingerprint density at radius 2 is 1.63 bits per heavy atom. The minimum Gasteiger partial charge on any atom is -0.456 e. The third-order valence-corrected chi connectivity index (χ3v) is 7.11. The van der Waals surface area contributed by atoms with Gasteiger partial charge in [0.15, 0.2) is 5.58 Å². The highest BCUT2D eigenvalue weighted by atomic mass is 16.3. The molecule has 0 spiro atoms. The second-order valence-electron chi connectivity index (χ2n) is 9.14. The van der Waals surface area contributed by atoms with Crippen LogP contribution in [0.2, 0.25) is 0 Å². The molecule has 0 N–H and O–H groups in total. The van der Waals surface area contributed by atoms with E-state index >= 15 is 0 Å². The second-order valence-corrected chi connectivity index (χ2v) is 9.14. The van der Waals surface area contributed by atoms with Gasteiger partial charge in [-0.2, -0.15) is 0 Å². The first-order chi connectivity index (χ1) is 17.3. The van der Waals surface area contributed by atoms with Gasteiger partial charge in [0.1, 0.15) is 16.7 Å². The van der Waals surface area contributed by atoms with Crippen molar-refractivity contribution in [2.24, 2.45) is 0 Å². The number of aromatic nitrogens is 2. The Hall–Kier alpha value is -4.57. The fraction of sp³-hybridized carbons (Fsp3) is 0.0645. The van der Waals surface area contributed by atoms with E-state index in [1.807, 2.05) is 36.4 Å². The molecule has 0 aliphatic heterocycles. The summed E-state index contributed by atoms with van der Waals surface area (Å²) in [6.07, 6.45) is 6.69. The molecule has 4 nitrogen and oxygen atoms in total. The van der Waals surface area contributed by atoms with Gasteiger partial charge in [-0.3, -0.25) is 0 Å². The summed E-state index contributed by atoms with van der Waals surface area (Å²) in [5.74, 6) is 0.622. The van der Waals surface area contributed by atoms with Crippen molar-refractivity contribution in [2.75, 3.05) is 0 Å². The van der Waals surface area contributed by atoms with E-state index in [4.69, 9.17) is 8.83 Å². The predicted octanol–water partition coefficient (Wildman–Crippen LogP) is 8.30. The number of hydrogen-bond donors (Lipinski definition) is 0. The summed E-state index contributed by atoms with van der Waals surface area (Å²) in [6.45, 7) is 0. The van der Waals surface area contributed by atoms with Crippen molar-refractivity contribution in [1.29, 1.82) is 0 Å². The molecule has 0 fully saturated rings. The summed E-state index contributed by atoms with van der Waals surface area (Å²) >= 11 is 0. The summed E-state index contributed by atoms with van der Waals surface area (Å²) < 4.78 is 14.7. The zero-order valence-electron chi connectivity index (χ0n) is 18.9. The van der Waals surface area contributed by atoms with Crippen molar-refractivity contribution in [1.82, 2.24) is 9.55 Å². The van der Waals surface area contributed by atoms with Gasteiger partial charge in [0, 0.05) is 39.2 Å². The number of benzene rings is 4. The molecule has 1 aliphatic carbocycles. The largest absolute Gasteiger partial charge is 0.456 e. The maximum absolute atomic E-state index is 6.31. The molecular formula is C31H20N2O2. The molecule has 4 heteroatoms. The smallest absolute Gasteiger partial charge is 0.227 e. The van der Waals surface area contributed by atoms with E-state index in [1.54, 1.807) is 0 Å². The monoisotopic (exact) mass is 452 g/mol.